The minimum atomic E-state index is -0.600. The van der Waals surface area contributed by atoms with Gasteiger partial charge in [-0.15, -0.1) is 5.10 Å². The van der Waals surface area contributed by atoms with Gasteiger partial charge in [-0.25, -0.2) is 10.2 Å². The highest BCUT2D eigenvalue weighted by Gasteiger charge is 2.20. The summed E-state index contributed by atoms with van der Waals surface area (Å²) in [6.45, 7) is 5.19. The van der Waals surface area contributed by atoms with Crippen LogP contribution in [0, 0.1) is 0 Å². The van der Waals surface area contributed by atoms with Crippen LogP contribution in [0.25, 0.3) is 10.2 Å². The first kappa shape index (κ1) is 18.0. The summed E-state index contributed by atoms with van der Waals surface area (Å²) in [7, 11) is 3.39. The molecule has 0 aliphatic rings. The van der Waals surface area contributed by atoms with Crippen molar-refractivity contribution >= 4 is 33.6 Å². The lowest BCUT2D eigenvalue weighted by atomic mass is 10.2. The minimum absolute atomic E-state index is 0.132. The second kappa shape index (κ2) is 7.04. The molecule has 0 saturated heterocycles. The van der Waals surface area contributed by atoms with Gasteiger partial charge in [0.25, 0.3) is 5.91 Å². The Bertz CT molecular complexity index is 817. The van der Waals surface area contributed by atoms with Crippen LogP contribution in [0.3, 0.4) is 0 Å². The van der Waals surface area contributed by atoms with Gasteiger partial charge < -0.3 is 14.2 Å². The fourth-order valence-electron chi connectivity index (χ4n) is 1.95. The number of para-hydroxylation sites is 1. The number of amides is 2. The molecule has 2 rings (SSSR count). The van der Waals surface area contributed by atoms with E-state index < -0.39 is 11.7 Å². The predicted octanol–water partition coefficient (Wildman–Crippen LogP) is 2.04. The largest absolute Gasteiger partial charge is 0.444 e. The molecule has 24 heavy (non-hydrogen) atoms. The molecule has 0 aliphatic carbocycles. The zero-order valence-corrected chi connectivity index (χ0v) is 15.3. The minimum Gasteiger partial charge on any atom is -0.444 e. The number of rotatable bonds is 3. The highest BCUT2D eigenvalue weighted by molar-refractivity contribution is 7.16. The molecule has 0 bridgehead atoms. The van der Waals surface area contributed by atoms with E-state index in [0.717, 1.165) is 10.2 Å². The summed E-state index contributed by atoms with van der Waals surface area (Å²) in [5, 5.41) is 4.13. The highest BCUT2D eigenvalue weighted by atomic mass is 32.1. The lowest BCUT2D eigenvalue weighted by molar-refractivity contribution is -0.122. The number of hydrogen-bond donors (Lipinski definition) is 1. The molecular formula is C16H22N4O3S. The van der Waals surface area contributed by atoms with E-state index in [1.807, 2.05) is 35.9 Å². The number of aryl methyl sites for hydroxylation is 1. The van der Waals surface area contributed by atoms with Gasteiger partial charge >= 0.3 is 6.09 Å². The molecule has 0 radical (unpaired) electrons. The van der Waals surface area contributed by atoms with Gasteiger partial charge in [-0.05, 0) is 32.9 Å². The molecule has 1 aromatic heterocycles. The van der Waals surface area contributed by atoms with Crippen LogP contribution in [-0.4, -0.2) is 40.7 Å². The third kappa shape index (κ3) is 4.58. The van der Waals surface area contributed by atoms with Gasteiger partial charge in [0.15, 0.2) is 0 Å². The number of nitrogens with one attached hydrogen (secondary N) is 1. The molecule has 0 atom stereocenters. The Hall–Kier alpha value is -2.35. The summed E-state index contributed by atoms with van der Waals surface area (Å²) in [4.78, 5) is 25.7. The number of nitrogens with zero attached hydrogens (tertiary/aromatic N) is 3. The van der Waals surface area contributed by atoms with Crippen LogP contribution < -0.4 is 10.2 Å². The van der Waals surface area contributed by atoms with E-state index in [1.165, 1.54) is 23.3 Å². The number of aromatic nitrogens is 1. The lowest BCUT2D eigenvalue weighted by Gasteiger charge is -2.24. The molecule has 8 heteroatoms. The Morgan fingerprint density at radius 3 is 2.62 bits per heavy atom. The molecular weight excluding hydrogens is 328 g/mol. The van der Waals surface area contributed by atoms with E-state index in [1.54, 1.807) is 20.8 Å². The van der Waals surface area contributed by atoms with Gasteiger partial charge in [0.2, 0.25) is 4.80 Å². The van der Waals surface area contributed by atoms with Gasteiger partial charge in [0.05, 0.1) is 10.2 Å². The highest BCUT2D eigenvalue weighted by Crippen LogP contribution is 2.14. The van der Waals surface area contributed by atoms with Gasteiger partial charge in [-0.1, -0.05) is 23.5 Å². The number of benzene rings is 1. The van der Waals surface area contributed by atoms with Crippen molar-refractivity contribution in [3.05, 3.63) is 29.1 Å². The number of carbonyl (C=O) groups is 2. The smallest absolute Gasteiger partial charge is 0.410 e. The Labute approximate surface area is 144 Å². The molecule has 2 amide bonds. The maximum absolute atomic E-state index is 12.0. The Morgan fingerprint density at radius 2 is 2.00 bits per heavy atom. The van der Waals surface area contributed by atoms with E-state index in [0.29, 0.717) is 4.80 Å². The van der Waals surface area contributed by atoms with E-state index in [9.17, 15) is 9.59 Å². The number of carbonyl (C=O) groups excluding carboxylic acids is 2. The topological polar surface area (TPSA) is 75.9 Å². The third-order valence-corrected chi connectivity index (χ3v) is 4.19. The number of hydrogen-bond acceptors (Lipinski definition) is 5. The quantitative estimate of drug-likeness (QED) is 0.861. The van der Waals surface area contributed by atoms with Crippen LogP contribution in [0.1, 0.15) is 20.8 Å². The number of ether oxygens (including phenoxy) is 1. The van der Waals surface area contributed by atoms with Crippen molar-refractivity contribution in [2.24, 2.45) is 12.1 Å². The third-order valence-electron chi connectivity index (χ3n) is 3.08. The maximum Gasteiger partial charge on any atom is 0.410 e. The molecule has 1 heterocycles. The standard InChI is InChI=1S/C16H22N4O3S/c1-16(2,3)23-15(22)19(4)10-13(21)17-18-14-20(5)11-8-6-7-9-12(11)24-14/h6-9H,10H2,1-5H3,(H,17,21)/b18-14-. The second-order valence-electron chi connectivity index (χ2n) is 6.39. The molecule has 0 saturated carbocycles. The Morgan fingerprint density at radius 1 is 1.33 bits per heavy atom. The predicted molar refractivity (Wildman–Crippen MR) is 93.4 cm³/mol. The van der Waals surface area contributed by atoms with Crippen LogP contribution in [0.2, 0.25) is 0 Å². The normalized spacial score (nSPS) is 12.3. The average Bonchev–Trinajstić information content (AvgIpc) is 2.80. The molecule has 1 aromatic carbocycles. The average molecular weight is 350 g/mol. The van der Waals surface area contributed by atoms with Crippen molar-refractivity contribution < 1.29 is 14.3 Å². The summed E-state index contributed by atoms with van der Waals surface area (Å²) in [6.07, 6.45) is -0.551. The Balaban J connectivity index is 2.01. The first-order valence-corrected chi connectivity index (χ1v) is 8.30. The molecule has 0 fully saturated rings. The number of thiazole rings is 1. The van der Waals surface area contributed by atoms with Crippen molar-refractivity contribution in [1.29, 1.82) is 0 Å². The molecule has 1 N–H and O–H groups in total. The molecule has 7 nitrogen and oxygen atoms in total. The van der Waals surface area contributed by atoms with Gasteiger partial charge in [0, 0.05) is 14.1 Å². The molecule has 2 aromatic rings. The summed E-state index contributed by atoms with van der Waals surface area (Å²) >= 11 is 1.48. The molecule has 0 spiro atoms. The lowest BCUT2D eigenvalue weighted by Crippen LogP contribution is -2.40. The first-order chi connectivity index (χ1) is 11.2. The Kier molecular flexibility index (Phi) is 5.28. The van der Waals surface area contributed by atoms with E-state index in [-0.39, 0.29) is 12.5 Å². The van der Waals surface area contributed by atoms with Crippen LogP contribution in [0.15, 0.2) is 29.4 Å². The fraction of sp³-hybridized carbons (Fsp3) is 0.438. The van der Waals surface area contributed by atoms with Crippen molar-refractivity contribution in [3.63, 3.8) is 0 Å². The van der Waals surface area contributed by atoms with Gasteiger partial charge in [-0.3, -0.25) is 4.79 Å². The van der Waals surface area contributed by atoms with Crippen LogP contribution in [-0.2, 0) is 16.6 Å². The summed E-state index contributed by atoms with van der Waals surface area (Å²) in [5.74, 6) is -0.388. The summed E-state index contributed by atoms with van der Waals surface area (Å²) in [6, 6.07) is 7.89. The number of fused-ring (bicyclic) bond motifs is 1. The fourth-order valence-corrected chi connectivity index (χ4v) is 2.93. The van der Waals surface area contributed by atoms with E-state index >= 15 is 0 Å². The van der Waals surface area contributed by atoms with Crippen molar-refractivity contribution in [1.82, 2.24) is 14.9 Å². The SMILES string of the molecule is CN(CC(=O)N/N=c1\sc2ccccc2n1C)C(=O)OC(C)(C)C. The van der Waals surface area contributed by atoms with Crippen molar-refractivity contribution in [3.8, 4) is 0 Å². The van der Waals surface area contributed by atoms with Gasteiger partial charge in [0.1, 0.15) is 12.1 Å². The summed E-state index contributed by atoms with van der Waals surface area (Å²) < 4.78 is 8.18. The van der Waals surface area contributed by atoms with E-state index in [4.69, 9.17) is 4.74 Å². The summed E-state index contributed by atoms with van der Waals surface area (Å²) in [5.41, 5.74) is 2.92. The van der Waals surface area contributed by atoms with Gasteiger partial charge in [-0.2, -0.15) is 0 Å². The van der Waals surface area contributed by atoms with E-state index in [2.05, 4.69) is 10.5 Å². The van der Waals surface area contributed by atoms with Crippen molar-refractivity contribution in [2.45, 2.75) is 26.4 Å². The number of likely N-dealkylation sites (N-methyl/N-ethyl adjacent to an activating group) is 1. The monoisotopic (exact) mass is 350 g/mol. The molecule has 0 unspecified atom stereocenters. The van der Waals surface area contributed by atoms with Crippen LogP contribution in [0.4, 0.5) is 4.79 Å². The van der Waals surface area contributed by atoms with Crippen LogP contribution >= 0.6 is 11.3 Å². The first-order valence-electron chi connectivity index (χ1n) is 7.48. The maximum atomic E-state index is 12.0. The van der Waals surface area contributed by atoms with Crippen LogP contribution in [0.5, 0.6) is 0 Å². The zero-order chi connectivity index (χ0) is 17.9. The zero-order valence-electron chi connectivity index (χ0n) is 14.5. The molecule has 130 valence electrons. The second-order valence-corrected chi connectivity index (χ2v) is 7.40. The molecule has 0 aliphatic heterocycles. The van der Waals surface area contributed by atoms with Crippen molar-refractivity contribution in [2.75, 3.05) is 13.6 Å².